The van der Waals surface area contributed by atoms with Gasteiger partial charge in [0.25, 0.3) is 0 Å². The van der Waals surface area contributed by atoms with Gasteiger partial charge in [-0.1, -0.05) is 11.2 Å². The predicted octanol–water partition coefficient (Wildman–Crippen LogP) is 2.19. The topological polar surface area (TPSA) is 12.9 Å². The van der Waals surface area contributed by atoms with Gasteiger partial charge in [0, 0.05) is 22.2 Å². The molecule has 0 atom stereocenters. The standard InChI is InChI=1S/C5H2Cl2N.Mn/c6-4-1-2-5(7)8-3-4;/h1-2H;/q-1;. The van der Waals surface area contributed by atoms with Crippen LogP contribution in [-0.4, -0.2) is 4.98 Å². The molecule has 1 nitrogen and oxygen atoms in total. The molecule has 9 heavy (non-hydrogen) atoms. The Morgan fingerprint density at radius 3 is 2.33 bits per heavy atom. The number of hydrogen-bond donors (Lipinski definition) is 0. The van der Waals surface area contributed by atoms with E-state index in [1.165, 1.54) is 0 Å². The van der Waals surface area contributed by atoms with E-state index < -0.39 is 0 Å². The molecule has 4 heteroatoms. The number of aromatic nitrogens is 1. The molecule has 0 aliphatic heterocycles. The van der Waals surface area contributed by atoms with Crippen LogP contribution in [0, 0.1) is 6.20 Å². The van der Waals surface area contributed by atoms with Gasteiger partial charge in [0.15, 0.2) is 0 Å². The number of pyridine rings is 1. The van der Waals surface area contributed by atoms with Crippen molar-refractivity contribution in [3.05, 3.63) is 28.5 Å². The average molecular weight is 202 g/mol. The molecule has 49 valence electrons. The van der Waals surface area contributed by atoms with E-state index in [2.05, 4.69) is 11.2 Å². The molecule has 0 spiro atoms. The quantitative estimate of drug-likeness (QED) is 0.357. The van der Waals surface area contributed by atoms with Crippen molar-refractivity contribution >= 4 is 23.2 Å². The molecule has 0 aromatic carbocycles. The molecule has 0 fully saturated rings. The Kier molecular flexibility index (Phi) is 4.24. The second kappa shape index (κ2) is 4.13. The van der Waals surface area contributed by atoms with Crippen LogP contribution in [0.2, 0.25) is 10.2 Å². The van der Waals surface area contributed by atoms with Crippen LogP contribution >= 0.6 is 23.2 Å². The monoisotopic (exact) mass is 201 g/mol. The second-order valence-corrected chi connectivity index (χ2v) is 2.02. The van der Waals surface area contributed by atoms with E-state index >= 15 is 0 Å². The molecule has 0 unspecified atom stereocenters. The maximum Gasteiger partial charge on any atom is 0.0143 e. The van der Waals surface area contributed by atoms with E-state index in [1.807, 2.05) is 0 Å². The van der Waals surface area contributed by atoms with Crippen LogP contribution in [0.4, 0.5) is 0 Å². The van der Waals surface area contributed by atoms with Crippen LogP contribution in [0.15, 0.2) is 12.1 Å². The zero-order chi connectivity index (χ0) is 5.98. The zero-order valence-electron chi connectivity index (χ0n) is 4.24. The first-order valence-corrected chi connectivity index (χ1v) is 2.74. The molecule has 0 aliphatic rings. The van der Waals surface area contributed by atoms with Crippen molar-refractivity contribution in [3.8, 4) is 0 Å². The summed E-state index contributed by atoms with van der Waals surface area (Å²) in [6.07, 6.45) is 2.48. The van der Waals surface area contributed by atoms with E-state index in [0.29, 0.717) is 10.2 Å². The predicted molar refractivity (Wildman–Crippen MR) is 33.1 cm³/mol. The molecule has 0 saturated carbocycles. The van der Waals surface area contributed by atoms with E-state index in [9.17, 15) is 0 Å². The summed E-state index contributed by atoms with van der Waals surface area (Å²) in [7, 11) is 0. The van der Waals surface area contributed by atoms with Gasteiger partial charge in [-0.05, 0) is 0 Å². The first-order valence-electron chi connectivity index (χ1n) is 1.99. The Hall–Kier alpha value is 0.249. The zero-order valence-corrected chi connectivity index (χ0v) is 6.93. The number of hydrogen-bond acceptors (Lipinski definition) is 1. The Balaban J connectivity index is 0.000000640. The summed E-state index contributed by atoms with van der Waals surface area (Å²) >= 11 is 10.8. The van der Waals surface area contributed by atoms with E-state index in [4.69, 9.17) is 23.2 Å². The average Bonchev–Trinajstić information content (AvgIpc) is 1.77. The molecule has 1 aromatic rings. The summed E-state index contributed by atoms with van der Waals surface area (Å²) < 4.78 is 0. The van der Waals surface area contributed by atoms with Gasteiger partial charge in [-0.15, -0.1) is 35.3 Å². The molecule has 1 rings (SSSR count). The summed E-state index contributed by atoms with van der Waals surface area (Å²) in [5.41, 5.74) is 0. The van der Waals surface area contributed by atoms with Crippen molar-refractivity contribution in [3.63, 3.8) is 0 Å². The van der Waals surface area contributed by atoms with Crippen LogP contribution in [0.3, 0.4) is 0 Å². The third kappa shape index (κ3) is 3.07. The SMILES string of the molecule is Clc1[c-]nc(Cl)cc1.[Mn]. The first kappa shape index (κ1) is 9.25. The van der Waals surface area contributed by atoms with Crippen LogP contribution in [0.25, 0.3) is 0 Å². The maximum absolute atomic E-state index is 5.43. The normalized spacial score (nSPS) is 8.22. The summed E-state index contributed by atoms with van der Waals surface area (Å²) in [6, 6.07) is 3.25. The Labute approximate surface area is 73.9 Å². The molecule has 0 amide bonds. The van der Waals surface area contributed by atoms with Gasteiger partial charge >= 0.3 is 0 Å². The molecule has 0 saturated heterocycles. The Morgan fingerprint density at radius 2 is 2.00 bits per heavy atom. The van der Waals surface area contributed by atoms with Crippen LogP contribution in [-0.2, 0) is 17.1 Å². The van der Waals surface area contributed by atoms with Gasteiger partial charge in [-0.3, -0.25) is 0 Å². The first-order chi connectivity index (χ1) is 3.79. The fraction of sp³-hybridized carbons (Fsp3) is 0. The third-order valence-electron chi connectivity index (χ3n) is 0.637. The summed E-state index contributed by atoms with van der Waals surface area (Å²) in [6.45, 7) is 0. The third-order valence-corrected chi connectivity index (χ3v) is 1.06. The van der Waals surface area contributed by atoms with E-state index in [1.54, 1.807) is 12.1 Å². The smallest absolute Gasteiger partial charge is 0.0143 e. The van der Waals surface area contributed by atoms with Crippen molar-refractivity contribution < 1.29 is 17.1 Å². The maximum atomic E-state index is 5.43. The molecule has 1 radical (unpaired) electrons. The number of nitrogens with zero attached hydrogens (tertiary/aromatic N) is 1. The van der Waals surface area contributed by atoms with Crippen LogP contribution in [0.1, 0.15) is 0 Å². The minimum Gasteiger partial charge on any atom is -0.374 e. The molecule has 1 aromatic heterocycles. The fourth-order valence-electron chi connectivity index (χ4n) is 0.323. The summed E-state index contributed by atoms with van der Waals surface area (Å²) in [4.78, 5) is 3.59. The summed E-state index contributed by atoms with van der Waals surface area (Å²) in [5.74, 6) is 0. The molecular formula is C5H2Cl2MnN-. The van der Waals surface area contributed by atoms with Gasteiger partial charge in [0.05, 0.1) is 0 Å². The largest absolute Gasteiger partial charge is 0.374 e. The molecular weight excluding hydrogens is 200 g/mol. The van der Waals surface area contributed by atoms with Crippen molar-refractivity contribution in [2.45, 2.75) is 0 Å². The molecule has 1 heterocycles. The van der Waals surface area contributed by atoms with Gasteiger partial charge in [-0.2, -0.15) is 0 Å². The van der Waals surface area contributed by atoms with E-state index in [-0.39, 0.29) is 17.1 Å². The van der Waals surface area contributed by atoms with Gasteiger partial charge in [0.1, 0.15) is 0 Å². The van der Waals surface area contributed by atoms with Crippen molar-refractivity contribution in [1.82, 2.24) is 4.98 Å². The Morgan fingerprint density at radius 1 is 1.33 bits per heavy atom. The molecule has 0 N–H and O–H groups in total. The molecule has 0 aliphatic carbocycles. The fourth-order valence-corrected chi connectivity index (χ4v) is 0.534. The summed E-state index contributed by atoms with van der Waals surface area (Å²) in [5, 5.41) is 0.892. The van der Waals surface area contributed by atoms with Gasteiger partial charge in [0.2, 0.25) is 0 Å². The van der Waals surface area contributed by atoms with E-state index in [0.717, 1.165) is 0 Å². The van der Waals surface area contributed by atoms with Crippen LogP contribution in [0.5, 0.6) is 0 Å². The second-order valence-electron chi connectivity index (χ2n) is 1.23. The minimum atomic E-state index is 0. The molecule has 0 bridgehead atoms. The number of rotatable bonds is 0. The minimum absolute atomic E-state index is 0. The van der Waals surface area contributed by atoms with Gasteiger partial charge in [-0.25, -0.2) is 0 Å². The number of halogens is 2. The Bertz CT molecular complexity index is 154. The van der Waals surface area contributed by atoms with Crippen molar-refractivity contribution in [1.29, 1.82) is 0 Å². The van der Waals surface area contributed by atoms with Crippen LogP contribution < -0.4 is 0 Å². The van der Waals surface area contributed by atoms with Crippen molar-refractivity contribution in [2.24, 2.45) is 0 Å². The van der Waals surface area contributed by atoms with Crippen molar-refractivity contribution in [2.75, 3.05) is 0 Å². The van der Waals surface area contributed by atoms with Gasteiger partial charge < -0.3 is 4.98 Å².